The van der Waals surface area contributed by atoms with E-state index in [2.05, 4.69) is 12.2 Å². The molecule has 3 amide bonds. The molecule has 130 valence electrons. The number of nitrogens with one attached hydrogen (secondary N) is 1. The Hall–Kier alpha value is -2.82. The molecule has 3 N–H and O–H groups in total. The molecule has 2 aromatic carbocycles. The van der Waals surface area contributed by atoms with Crippen LogP contribution in [0.25, 0.3) is 0 Å². The minimum Gasteiger partial charge on any atom is -0.399 e. The summed E-state index contributed by atoms with van der Waals surface area (Å²) >= 11 is 0. The number of nitrogen functional groups attached to an aromatic ring is 1. The lowest BCUT2D eigenvalue weighted by Gasteiger charge is -2.32. The lowest BCUT2D eigenvalue weighted by molar-refractivity contribution is -0.126. The number of hydrogen-bond donors (Lipinski definition) is 2. The molecule has 1 atom stereocenters. The Morgan fingerprint density at radius 1 is 1.08 bits per heavy atom. The number of benzene rings is 2. The number of nitrogens with zero attached hydrogens (tertiary/aromatic N) is 1. The molecule has 5 heteroatoms. The summed E-state index contributed by atoms with van der Waals surface area (Å²) in [4.78, 5) is 26.6. The monoisotopic (exact) mass is 337 g/mol. The molecule has 0 bridgehead atoms. The molecule has 1 aliphatic rings. The zero-order chi connectivity index (χ0) is 18.0. The van der Waals surface area contributed by atoms with Crippen LogP contribution in [0, 0.1) is 0 Å². The quantitative estimate of drug-likeness (QED) is 0.651. The predicted octanol–water partition coefficient (Wildman–Crippen LogP) is 2.88. The summed E-state index contributed by atoms with van der Waals surface area (Å²) in [6.45, 7) is 4.28. The fourth-order valence-corrected chi connectivity index (χ4v) is 3.35. The van der Waals surface area contributed by atoms with Crippen LogP contribution in [0.3, 0.4) is 0 Å². The van der Waals surface area contributed by atoms with Gasteiger partial charge in [-0.05, 0) is 42.2 Å². The summed E-state index contributed by atoms with van der Waals surface area (Å²) in [6, 6.07) is 15.1. The number of urea groups is 1. The van der Waals surface area contributed by atoms with Crippen LogP contribution in [-0.4, -0.2) is 22.4 Å². The Morgan fingerprint density at radius 2 is 1.80 bits per heavy atom. The number of carbonyl (C=O) groups is 2. The lowest BCUT2D eigenvalue weighted by Crippen LogP contribution is -2.48. The fourth-order valence-electron chi connectivity index (χ4n) is 3.35. The summed E-state index contributed by atoms with van der Waals surface area (Å²) in [5.74, 6) is -0.257. The van der Waals surface area contributed by atoms with E-state index in [4.69, 9.17) is 5.73 Å². The van der Waals surface area contributed by atoms with Crippen molar-refractivity contribution in [2.24, 2.45) is 0 Å². The van der Waals surface area contributed by atoms with Gasteiger partial charge in [0.15, 0.2) is 0 Å². The molecule has 0 aliphatic carbocycles. The molecule has 1 saturated heterocycles. The van der Waals surface area contributed by atoms with E-state index in [1.807, 2.05) is 55.5 Å². The van der Waals surface area contributed by atoms with Crippen molar-refractivity contribution in [2.45, 2.75) is 38.8 Å². The summed E-state index contributed by atoms with van der Waals surface area (Å²) in [6.07, 6.45) is 1.28. The van der Waals surface area contributed by atoms with Crippen molar-refractivity contribution in [3.8, 4) is 0 Å². The second-order valence-electron chi connectivity index (χ2n) is 6.66. The van der Waals surface area contributed by atoms with Gasteiger partial charge in [-0.15, -0.1) is 0 Å². The van der Waals surface area contributed by atoms with E-state index < -0.39 is 5.54 Å². The van der Waals surface area contributed by atoms with Crippen molar-refractivity contribution in [3.05, 3.63) is 65.2 Å². The number of hydrogen-bond acceptors (Lipinski definition) is 3. The molecule has 1 aliphatic heterocycles. The van der Waals surface area contributed by atoms with Crippen molar-refractivity contribution in [2.75, 3.05) is 5.73 Å². The predicted molar refractivity (Wildman–Crippen MR) is 97.9 cm³/mol. The summed E-state index contributed by atoms with van der Waals surface area (Å²) < 4.78 is 0. The zero-order valence-corrected chi connectivity index (χ0v) is 14.6. The Labute approximate surface area is 147 Å². The number of imide groups is 1. The highest BCUT2D eigenvalue weighted by atomic mass is 16.2. The highest BCUT2D eigenvalue weighted by molar-refractivity contribution is 6.06. The van der Waals surface area contributed by atoms with Crippen molar-refractivity contribution < 1.29 is 9.59 Å². The molecule has 2 aromatic rings. The normalized spacial score (nSPS) is 20.0. The van der Waals surface area contributed by atoms with Gasteiger partial charge in [0, 0.05) is 18.7 Å². The molecule has 1 fully saturated rings. The number of rotatable bonds is 5. The minimum absolute atomic E-state index is 0.257. The number of aryl methyl sites for hydroxylation is 1. The molecule has 0 saturated carbocycles. The second-order valence-corrected chi connectivity index (χ2v) is 6.66. The molecule has 1 heterocycles. The SMILES string of the molecule is CCc1cc(N)ccc1CC1(C)C(=O)NC(=O)N1Cc1ccccc1. The number of anilines is 1. The van der Waals surface area contributed by atoms with Gasteiger partial charge >= 0.3 is 6.03 Å². The zero-order valence-electron chi connectivity index (χ0n) is 14.6. The highest BCUT2D eigenvalue weighted by Gasteiger charge is 2.49. The smallest absolute Gasteiger partial charge is 0.325 e. The maximum Gasteiger partial charge on any atom is 0.325 e. The van der Waals surface area contributed by atoms with Gasteiger partial charge in [-0.2, -0.15) is 0 Å². The third-order valence-electron chi connectivity index (χ3n) is 4.88. The van der Waals surface area contributed by atoms with Crippen LogP contribution >= 0.6 is 0 Å². The van der Waals surface area contributed by atoms with E-state index >= 15 is 0 Å². The Morgan fingerprint density at radius 3 is 2.48 bits per heavy atom. The van der Waals surface area contributed by atoms with E-state index in [0.717, 1.165) is 23.1 Å². The van der Waals surface area contributed by atoms with Crippen LogP contribution < -0.4 is 11.1 Å². The number of amides is 3. The van der Waals surface area contributed by atoms with Crippen LogP contribution in [0.2, 0.25) is 0 Å². The molecule has 0 radical (unpaired) electrons. The van der Waals surface area contributed by atoms with Crippen LogP contribution in [0.15, 0.2) is 48.5 Å². The van der Waals surface area contributed by atoms with Gasteiger partial charge in [-0.3, -0.25) is 10.1 Å². The molecule has 0 spiro atoms. The van der Waals surface area contributed by atoms with E-state index in [1.54, 1.807) is 4.90 Å². The van der Waals surface area contributed by atoms with Crippen LogP contribution in [0.1, 0.15) is 30.5 Å². The first-order chi connectivity index (χ1) is 11.9. The van der Waals surface area contributed by atoms with Crippen molar-refractivity contribution >= 4 is 17.6 Å². The van der Waals surface area contributed by atoms with Gasteiger partial charge < -0.3 is 10.6 Å². The summed E-state index contributed by atoms with van der Waals surface area (Å²) in [5.41, 5.74) is 8.80. The first-order valence-corrected chi connectivity index (χ1v) is 8.48. The lowest BCUT2D eigenvalue weighted by atomic mass is 9.88. The van der Waals surface area contributed by atoms with Crippen LogP contribution in [-0.2, 0) is 24.2 Å². The second kappa shape index (κ2) is 6.59. The van der Waals surface area contributed by atoms with Crippen molar-refractivity contribution in [1.29, 1.82) is 0 Å². The molecule has 25 heavy (non-hydrogen) atoms. The molecule has 5 nitrogen and oxygen atoms in total. The highest BCUT2D eigenvalue weighted by Crippen LogP contribution is 2.30. The average Bonchev–Trinajstić information content (AvgIpc) is 2.81. The van der Waals surface area contributed by atoms with E-state index in [9.17, 15) is 9.59 Å². The maximum absolute atomic E-state index is 12.6. The van der Waals surface area contributed by atoms with Crippen LogP contribution in [0.5, 0.6) is 0 Å². The average molecular weight is 337 g/mol. The summed E-state index contributed by atoms with van der Waals surface area (Å²) in [5, 5.41) is 2.47. The summed E-state index contributed by atoms with van der Waals surface area (Å²) in [7, 11) is 0. The molecular formula is C20H23N3O2. The Bertz CT molecular complexity index is 804. The standard InChI is InChI=1S/C20H23N3O2/c1-3-15-11-17(21)10-9-16(15)12-20(2)18(24)22-19(25)23(20)13-14-7-5-4-6-8-14/h4-11H,3,12-13,21H2,1-2H3,(H,22,24,25). The first kappa shape index (κ1) is 17.0. The Balaban J connectivity index is 1.93. The maximum atomic E-state index is 12.6. The van der Waals surface area contributed by atoms with Gasteiger partial charge in [0.25, 0.3) is 5.91 Å². The number of nitrogens with two attached hydrogens (primary N) is 1. The van der Waals surface area contributed by atoms with Gasteiger partial charge in [0.05, 0.1) is 0 Å². The minimum atomic E-state index is -0.924. The van der Waals surface area contributed by atoms with Crippen molar-refractivity contribution in [1.82, 2.24) is 10.2 Å². The van der Waals surface area contributed by atoms with E-state index in [0.29, 0.717) is 18.7 Å². The van der Waals surface area contributed by atoms with Gasteiger partial charge in [0.1, 0.15) is 5.54 Å². The molecule has 3 rings (SSSR count). The van der Waals surface area contributed by atoms with Gasteiger partial charge in [-0.1, -0.05) is 43.3 Å². The fraction of sp³-hybridized carbons (Fsp3) is 0.300. The van der Waals surface area contributed by atoms with Crippen LogP contribution in [0.4, 0.5) is 10.5 Å². The third-order valence-corrected chi connectivity index (χ3v) is 4.88. The topological polar surface area (TPSA) is 75.4 Å². The molecule has 0 aromatic heterocycles. The van der Waals surface area contributed by atoms with E-state index in [1.165, 1.54) is 0 Å². The van der Waals surface area contributed by atoms with Gasteiger partial charge in [-0.25, -0.2) is 4.79 Å². The first-order valence-electron chi connectivity index (χ1n) is 8.48. The van der Waals surface area contributed by atoms with Gasteiger partial charge in [0.2, 0.25) is 0 Å². The molecule has 1 unspecified atom stereocenters. The largest absolute Gasteiger partial charge is 0.399 e. The third kappa shape index (κ3) is 3.22. The Kier molecular flexibility index (Phi) is 4.49. The van der Waals surface area contributed by atoms with Crippen molar-refractivity contribution in [3.63, 3.8) is 0 Å². The van der Waals surface area contributed by atoms with E-state index in [-0.39, 0.29) is 11.9 Å². The number of carbonyl (C=O) groups excluding carboxylic acids is 2. The molecular weight excluding hydrogens is 314 g/mol.